The van der Waals surface area contributed by atoms with E-state index in [0.717, 1.165) is 43.7 Å². The predicted molar refractivity (Wildman–Crippen MR) is 116 cm³/mol. The second kappa shape index (κ2) is 8.66. The second-order valence-electron chi connectivity index (χ2n) is 8.46. The van der Waals surface area contributed by atoms with Gasteiger partial charge in [0.05, 0.1) is 6.10 Å². The van der Waals surface area contributed by atoms with Crippen LogP contribution in [0.5, 0.6) is 0 Å². The third-order valence-corrected chi connectivity index (χ3v) is 6.30. The van der Waals surface area contributed by atoms with Crippen molar-refractivity contribution >= 4 is 5.91 Å². The van der Waals surface area contributed by atoms with Crippen LogP contribution >= 0.6 is 0 Å². The zero-order valence-electron chi connectivity index (χ0n) is 17.4. The Balaban J connectivity index is 1.43. The Morgan fingerprint density at radius 1 is 0.966 bits per heavy atom. The van der Waals surface area contributed by atoms with E-state index in [-0.39, 0.29) is 11.9 Å². The van der Waals surface area contributed by atoms with Gasteiger partial charge in [0.1, 0.15) is 0 Å². The molecule has 2 heterocycles. The average molecular weight is 394 g/mol. The lowest BCUT2D eigenvalue weighted by Crippen LogP contribution is -2.59. The van der Waals surface area contributed by atoms with E-state index >= 15 is 0 Å². The van der Waals surface area contributed by atoms with Crippen molar-refractivity contribution in [2.75, 3.05) is 46.3 Å². The van der Waals surface area contributed by atoms with E-state index in [4.69, 9.17) is 0 Å². The molecule has 2 aromatic carbocycles. The van der Waals surface area contributed by atoms with Gasteiger partial charge >= 0.3 is 0 Å². The van der Waals surface area contributed by atoms with Gasteiger partial charge in [0.25, 0.3) is 5.91 Å². The van der Waals surface area contributed by atoms with Gasteiger partial charge in [-0.15, -0.1) is 0 Å². The number of likely N-dealkylation sites (N-methyl/N-ethyl adjacent to an activating group) is 1. The molecule has 2 atom stereocenters. The number of likely N-dealkylation sites (tertiary alicyclic amines) is 1. The van der Waals surface area contributed by atoms with Crippen LogP contribution in [0.25, 0.3) is 11.1 Å². The molecule has 1 N–H and O–H groups in total. The summed E-state index contributed by atoms with van der Waals surface area (Å²) in [6.07, 6.45) is 0.338. The van der Waals surface area contributed by atoms with E-state index in [9.17, 15) is 9.90 Å². The van der Waals surface area contributed by atoms with Crippen molar-refractivity contribution in [3.05, 3.63) is 59.7 Å². The van der Waals surface area contributed by atoms with E-state index < -0.39 is 6.10 Å². The van der Waals surface area contributed by atoms with Crippen molar-refractivity contribution in [1.29, 1.82) is 0 Å². The Kier molecular flexibility index (Phi) is 5.99. The van der Waals surface area contributed by atoms with Crippen molar-refractivity contribution in [2.24, 2.45) is 0 Å². The average Bonchev–Trinajstić information content (AvgIpc) is 2.74. The van der Waals surface area contributed by atoms with Gasteiger partial charge in [-0.3, -0.25) is 9.69 Å². The molecule has 4 rings (SSSR count). The van der Waals surface area contributed by atoms with Gasteiger partial charge in [0.15, 0.2) is 0 Å². The lowest BCUT2D eigenvalue weighted by Gasteiger charge is -2.44. The van der Waals surface area contributed by atoms with Crippen molar-refractivity contribution in [3.63, 3.8) is 0 Å². The molecule has 1 amide bonds. The minimum absolute atomic E-state index is 0.00961. The number of aliphatic hydroxyl groups excluding tert-OH is 1. The summed E-state index contributed by atoms with van der Waals surface area (Å²) in [5.74, 6) is 0.00961. The Bertz CT molecular complexity index is 861. The van der Waals surface area contributed by atoms with Crippen molar-refractivity contribution in [3.8, 4) is 11.1 Å². The largest absolute Gasteiger partial charge is 0.390 e. The molecule has 2 fully saturated rings. The number of amides is 1. The SMILES string of the molecule is Cc1cccc(-c2cccc(C(=O)N3CC[C@@H](N4CCN(C)CC4)[C@H](O)C3)c2)c1. The highest BCUT2D eigenvalue weighted by atomic mass is 16.3. The van der Waals surface area contributed by atoms with E-state index in [1.807, 2.05) is 35.2 Å². The molecular weight excluding hydrogens is 362 g/mol. The number of carbonyl (C=O) groups excluding carboxylic acids is 1. The van der Waals surface area contributed by atoms with Crippen molar-refractivity contribution in [1.82, 2.24) is 14.7 Å². The fraction of sp³-hybridized carbons (Fsp3) is 0.458. The number of β-amino-alcohol motifs (C(OH)–C–C–N with tert-alkyl or cyclic N) is 1. The highest BCUT2D eigenvalue weighted by molar-refractivity contribution is 5.95. The number of nitrogens with zero attached hydrogens (tertiary/aromatic N) is 3. The molecule has 0 aliphatic carbocycles. The quantitative estimate of drug-likeness (QED) is 0.870. The number of aryl methyl sites for hydroxylation is 1. The highest BCUT2D eigenvalue weighted by Gasteiger charge is 2.35. The van der Waals surface area contributed by atoms with Crippen LogP contribution in [0.2, 0.25) is 0 Å². The fourth-order valence-electron chi connectivity index (χ4n) is 4.52. The maximum absolute atomic E-state index is 13.1. The highest BCUT2D eigenvalue weighted by Crippen LogP contribution is 2.24. The molecular formula is C24H31N3O2. The van der Waals surface area contributed by atoms with Crippen LogP contribution in [-0.4, -0.2) is 84.2 Å². The molecule has 5 nitrogen and oxygen atoms in total. The molecule has 0 spiro atoms. The first-order valence-electron chi connectivity index (χ1n) is 10.6. The minimum atomic E-state index is -0.490. The Labute approximate surface area is 173 Å². The maximum atomic E-state index is 13.1. The van der Waals surface area contributed by atoms with Crippen molar-refractivity contribution < 1.29 is 9.90 Å². The van der Waals surface area contributed by atoms with E-state index in [1.165, 1.54) is 5.56 Å². The Morgan fingerprint density at radius 3 is 2.34 bits per heavy atom. The van der Waals surface area contributed by atoms with Crippen LogP contribution in [-0.2, 0) is 0 Å². The van der Waals surface area contributed by atoms with Gasteiger partial charge in [-0.05, 0) is 43.7 Å². The first-order valence-corrected chi connectivity index (χ1v) is 10.6. The van der Waals surface area contributed by atoms with Crippen molar-refractivity contribution in [2.45, 2.75) is 25.5 Å². The molecule has 0 unspecified atom stereocenters. The number of piperidine rings is 1. The number of aliphatic hydroxyl groups is 1. The second-order valence-corrected chi connectivity index (χ2v) is 8.46. The lowest BCUT2D eigenvalue weighted by molar-refractivity contribution is -0.0219. The molecule has 0 bridgehead atoms. The smallest absolute Gasteiger partial charge is 0.253 e. The Morgan fingerprint density at radius 2 is 1.66 bits per heavy atom. The van der Waals surface area contributed by atoms with E-state index in [0.29, 0.717) is 18.7 Å². The summed E-state index contributed by atoms with van der Waals surface area (Å²) >= 11 is 0. The molecule has 29 heavy (non-hydrogen) atoms. The number of hydrogen-bond donors (Lipinski definition) is 1. The number of piperazine rings is 1. The topological polar surface area (TPSA) is 47.0 Å². The van der Waals surface area contributed by atoms with Gasteiger partial charge < -0.3 is 14.9 Å². The van der Waals surface area contributed by atoms with Gasteiger partial charge in [-0.2, -0.15) is 0 Å². The summed E-state index contributed by atoms with van der Waals surface area (Å²) in [5.41, 5.74) is 4.06. The minimum Gasteiger partial charge on any atom is -0.390 e. The van der Waals surface area contributed by atoms with Gasteiger partial charge in [-0.25, -0.2) is 0 Å². The summed E-state index contributed by atoms with van der Waals surface area (Å²) in [6, 6.07) is 16.3. The standard InChI is InChI=1S/C24H31N3O2/c1-18-5-3-6-19(15-18)20-7-4-8-21(16-20)24(29)27-10-9-22(23(28)17-27)26-13-11-25(2)12-14-26/h3-8,15-16,22-23,28H,9-14,17H2,1-2H3/t22-,23-/m1/s1. The summed E-state index contributed by atoms with van der Waals surface area (Å²) in [5, 5.41) is 10.8. The summed E-state index contributed by atoms with van der Waals surface area (Å²) in [7, 11) is 2.14. The molecule has 154 valence electrons. The normalized spacial score (nSPS) is 23.9. The molecule has 2 aromatic rings. The van der Waals surface area contributed by atoms with Crippen LogP contribution in [0.1, 0.15) is 22.3 Å². The molecule has 0 radical (unpaired) electrons. The number of carbonyl (C=O) groups is 1. The number of benzene rings is 2. The molecule has 2 aliphatic rings. The van der Waals surface area contributed by atoms with Crippen LogP contribution in [0.15, 0.2) is 48.5 Å². The third-order valence-electron chi connectivity index (χ3n) is 6.30. The zero-order valence-corrected chi connectivity index (χ0v) is 17.4. The van der Waals surface area contributed by atoms with Gasteiger partial charge in [0, 0.05) is 50.9 Å². The molecule has 5 heteroatoms. The Hall–Kier alpha value is -2.21. The summed E-state index contributed by atoms with van der Waals surface area (Å²) in [4.78, 5) is 19.6. The third kappa shape index (κ3) is 4.53. The first kappa shape index (κ1) is 20.1. The molecule has 0 aromatic heterocycles. The monoisotopic (exact) mass is 393 g/mol. The summed E-state index contributed by atoms with van der Waals surface area (Å²) < 4.78 is 0. The van der Waals surface area contributed by atoms with Crippen LogP contribution in [0, 0.1) is 6.92 Å². The van der Waals surface area contributed by atoms with Crippen LogP contribution in [0.4, 0.5) is 0 Å². The number of hydrogen-bond acceptors (Lipinski definition) is 4. The lowest BCUT2D eigenvalue weighted by atomic mass is 9.97. The molecule has 2 aliphatic heterocycles. The van der Waals surface area contributed by atoms with E-state index in [1.54, 1.807) is 0 Å². The first-order chi connectivity index (χ1) is 14.0. The van der Waals surface area contributed by atoms with Gasteiger partial charge in [0.2, 0.25) is 0 Å². The van der Waals surface area contributed by atoms with Gasteiger partial charge in [-0.1, -0.05) is 42.0 Å². The molecule has 0 saturated carbocycles. The summed E-state index contributed by atoms with van der Waals surface area (Å²) in [6.45, 7) is 7.24. The van der Waals surface area contributed by atoms with Crippen LogP contribution in [0.3, 0.4) is 0 Å². The molecule has 2 saturated heterocycles. The fourth-order valence-corrected chi connectivity index (χ4v) is 4.52. The van der Waals surface area contributed by atoms with E-state index in [2.05, 4.69) is 42.0 Å². The predicted octanol–water partition coefficient (Wildman–Crippen LogP) is 2.48. The maximum Gasteiger partial charge on any atom is 0.253 e. The van der Waals surface area contributed by atoms with Crippen LogP contribution < -0.4 is 0 Å². The zero-order chi connectivity index (χ0) is 20.4. The number of rotatable bonds is 3.